The maximum absolute atomic E-state index is 12.1. The Labute approximate surface area is 193 Å². The molecule has 0 unspecified atom stereocenters. The Morgan fingerprint density at radius 2 is 1.62 bits per heavy atom. The summed E-state index contributed by atoms with van der Waals surface area (Å²) in [6.07, 6.45) is 3.97. The number of ether oxygens (including phenoxy) is 2. The number of methoxy groups -OCH3 is 2. The van der Waals surface area contributed by atoms with Gasteiger partial charge in [-0.15, -0.1) is 0 Å². The van der Waals surface area contributed by atoms with E-state index in [4.69, 9.17) is 9.47 Å². The Balaban J connectivity index is 1.91. The molecule has 2 aromatic rings. The normalized spacial score (nSPS) is 20.1. The summed E-state index contributed by atoms with van der Waals surface area (Å²) in [4.78, 5) is 24.0. The van der Waals surface area contributed by atoms with Crippen LogP contribution in [0.15, 0.2) is 35.2 Å². The average Bonchev–Trinajstić information content (AvgIpc) is 3.07. The highest BCUT2D eigenvalue weighted by Gasteiger charge is 2.37. The molecule has 1 fully saturated rings. The zero-order valence-corrected chi connectivity index (χ0v) is 20.2. The maximum atomic E-state index is 12.1. The minimum atomic E-state index is -0.391. The molecule has 1 heterocycles. The van der Waals surface area contributed by atoms with E-state index in [2.05, 4.69) is 51.2 Å². The van der Waals surface area contributed by atoms with Gasteiger partial charge in [-0.1, -0.05) is 45.9 Å². The molecule has 2 aliphatic rings. The second-order valence-corrected chi connectivity index (χ2v) is 10.7. The first-order chi connectivity index (χ1) is 15.1. The summed E-state index contributed by atoms with van der Waals surface area (Å²) in [5.41, 5.74) is 5.47. The van der Waals surface area contributed by atoms with Crippen molar-refractivity contribution in [2.24, 2.45) is 0 Å². The Bertz CT molecular complexity index is 1150. The van der Waals surface area contributed by atoms with Crippen molar-refractivity contribution in [3.05, 3.63) is 51.9 Å². The molecule has 0 bridgehead atoms. The van der Waals surface area contributed by atoms with Crippen LogP contribution in [0.1, 0.15) is 57.2 Å². The van der Waals surface area contributed by atoms with E-state index in [0.29, 0.717) is 22.0 Å². The molecule has 1 N–H and O–H groups in total. The van der Waals surface area contributed by atoms with Crippen LogP contribution in [0.5, 0.6) is 11.5 Å². The largest absolute Gasteiger partial charge is 0.496 e. The quantitative estimate of drug-likeness (QED) is 0.574. The molecule has 1 aliphatic heterocycles. The predicted octanol–water partition coefficient (Wildman–Crippen LogP) is 6.04. The van der Waals surface area contributed by atoms with E-state index >= 15 is 0 Å². The predicted molar refractivity (Wildman–Crippen MR) is 129 cm³/mol. The summed E-state index contributed by atoms with van der Waals surface area (Å²) in [7, 11) is 3.25. The number of imide groups is 1. The molecule has 0 saturated carbocycles. The van der Waals surface area contributed by atoms with Crippen molar-refractivity contribution in [1.82, 2.24) is 5.32 Å². The molecule has 1 aliphatic carbocycles. The van der Waals surface area contributed by atoms with E-state index in [-0.39, 0.29) is 16.1 Å². The van der Waals surface area contributed by atoms with Crippen LogP contribution in [0, 0.1) is 0 Å². The second-order valence-electron chi connectivity index (χ2n) is 9.65. The van der Waals surface area contributed by atoms with Gasteiger partial charge in [0.15, 0.2) is 0 Å². The zero-order valence-electron chi connectivity index (χ0n) is 19.4. The molecule has 5 nitrogen and oxygen atoms in total. The number of carbonyl (C=O) groups is 2. The van der Waals surface area contributed by atoms with Gasteiger partial charge in [0.25, 0.3) is 11.1 Å². The molecule has 0 spiro atoms. The minimum Gasteiger partial charge on any atom is -0.496 e. The van der Waals surface area contributed by atoms with E-state index < -0.39 is 5.91 Å². The van der Waals surface area contributed by atoms with Gasteiger partial charge in [0.2, 0.25) is 0 Å². The zero-order chi connectivity index (χ0) is 23.3. The van der Waals surface area contributed by atoms with Gasteiger partial charge in [-0.05, 0) is 70.3 Å². The number of benzene rings is 2. The number of hydrogen-bond acceptors (Lipinski definition) is 5. The van der Waals surface area contributed by atoms with E-state index in [1.165, 1.54) is 11.1 Å². The molecule has 6 heteroatoms. The van der Waals surface area contributed by atoms with E-state index in [1.807, 2.05) is 12.1 Å². The van der Waals surface area contributed by atoms with Crippen LogP contribution in [-0.2, 0) is 15.6 Å². The van der Waals surface area contributed by atoms with Gasteiger partial charge < -0.3 is 9.47 Å². The fraction of sp³-hybridized carbons (Fsp3) is 0.385. The van der Waals surface area contributed by atoms with Crippen molar-refractivity contribution in [3.8, 4) is 22.6 Å². The van der Waals surface area contributed by atoms with Gasteiger partial charge in [-0.2, -0.15) is 0 Å². The summed E-state index contributed by atoms with van der Waals surface area (Å²) in [5.74, 6) is 0.908. The molecule has 2 amide bonds. The molecule has 0 radical (unpaired) electrons. The van der Waals surface area contributed by atoms with Crippen molar-refractivity contribution in [3.63, 3.8) is 0 Å². The first-order valence-corrected chi connectivity index (χ1v) is 11.5. The topological polar surface area (TPSA) is 64.6 Å². The van der Waals surface area contributed by atoms with Crippen LogP contribution in [-0.4, -0.2) is 25.4 Å². The van der Waals surface area contributed by atoms with Crippen molar-refractivity contribution in [2.45, 2.75) is 51.4 Å². The smallest absolute Gasteiger partial charge is 0.290 e. The van der Waals surface area contributed by atoms with Gasteiger partial charge >= 0.3 is 0 Å². The van der Waals surface area contributed by atoms with Crippen LogP contribution in [0.2, 0.25) is 0 Å². The first-order valence-electron chi connectivity index (χ1n) is 10.7. The van der Waals surface area contributed by atoms with Gasteiger partial charge in [0, 0.05) is 5.56 Å². The summed E-state index contributed by atoms with van der Waals surface area (Å²) in [6, 6.07) is 10.3. The molecule has 1 saturated heterocycles. The Kier molecular flexibility index (Phi) is 5.61. The van der Waals surface area contributed by atoms with Crippen LogP contribution in [0.25, 0.3) is 17.2 Å². The standard InChI is InChI=1S/C26H29NO4S/c1-25(2)11-12-26(3,4)18-13-15(7-9-17(18)25)21-19(30-5)10-8-16(22(21)31-6)14-20-23(28)27-24(29)32-20/h7-10,13-14H,11-12H2,1-6H3,(H,27,28,29)/b20-14+. The van der Waals surface area contributed by atoms with Crippen molar-refractivity contribution in [2.75, 3.05) is 14.2 Å². The molecular weight excluding hydrogens is 422 g/mol. The fourth-order valence-electron chi connectivity index (χ4n) is 4.66. The number of rotatable bonds is 4. The molecule has 32 heavy (non-hydrogen) atoms. The third-order valence-corrected chi connectivity index (χ3v) is 7.45. The average molecular weight is 452 g/mol. The Morgan fingerprint density at radius 3 is 2.22 bits per heavy atom. The third kappa shape index (κ3) is 3.81. The number of nitrogens with one attached hydrogen (secondary N) is 1. The number of hydrogen-bond donors (Lipinski definition) is 1. The highest BCUT2D eigenvalue weighted by Crippen LogP contribution is 2.49. The number of carbonyl (C=O) groups excluding carboxylic acids is 2. The molecule has 0 aromatic heterocycles. The third-order valence-electron chi connectivity index (χ3n) is 6.64. The monoisotopic (exact) mass is 451 g/mol. The molecule has 4 rings (SSSR count). The highest BCUT2D eigenvalue weighted by atomic mass is 32.2. The van der Waals surface area contributed by atoms with Crippen molar-refractivity contribution in [1.29, 1.82) is 0 Å². The number of fused-ring (bicyclic) bond motifs is 1. The summed E-state index contributed by atoms with van der Waals surface area (Å²) >= 11 is 0.892. The molecule has 0 atom stereocenters. The van der Waals surface area contributed by atoms with Gasteiger partial charge in [0.1, 0.15) is 11.5 Å². The fourth-order valence-corrected chi connectivity index (χ4v) is 5.34. The lowest BCUT2D eigenvalue weighted by Gasteiger charge is -2.42. The lowest BCUT2D eigenvalue weighted by molar-refractivity contribution is -0.115. The van der Waals surface area contributed by atoms with E-state index in [0.717, 1.165) is 35.7 Å². The van der Waals surface area contributed by atoms with Gasteiger partial charge in [0.05, 0.1) is 24.7 Å². The van der Waals surface area contributed by atoms with Crippen LogP contribution < -0.4 is 14.8 Å². The second kappa shape index (κ2) is 8.00. The molecule has 2 aromatic carbocycles. The van der Waals surface area contributed by atoms with Gasteiger partial charge in [-0.25, -0.2) is 0 Å². The SMILES string of the molecule is COc1ccc(/C=C2/SC(=O)NC2=O)c(OC)c1-c1ccc2c(c1)C(C)(C)CCC2(C)C. The number of amides is 2. The van der Waals surface area contributed by atoms with Crippen molar-refractivity contribution >= 4 is 29.0 Å². The lowest BCUT2D eigenvalue weighted by Crippen LogP contribution is -2.33. The first kappa shape index (κ1) is 22.5. The maximum Gasteiger partial charge on any atom is 0.290 e. The van der Waals surface area contributed by atoms with Crippen LogP contribution in [0.3, 0.4) is 0 Å². The van der Waals surface area contributed by atoms with E-state index in [1.54, 1.807) is 20.3 Å². The van der Waals surface area contributed by atoms with Crippen LogP contribution >= 0.6 is 11.8 Å². The van der Waals surface area contributed by atoms with Gasteiger partial charge in [-0.3, -0.25) is 14.9 Å². The van der Waals surface area contributed by atoms with Crippen molar-refractivity contribution < 1.29 is 19.1 Å². The Hall–Kier alpha value is -2.73. The summed E-state index contributed by atoms with van der Waals surface area (Å²) < 4.78 is 11.5. The van der Waals surface area contributed by atoms with E-state index in [9.17, 15) is 9.59 Å². The minimum absolute atomic E-state index is 0.0693. The number of thioether (sulfide) groups is 1. The summed E-state index contributed by atoms with van der Waals surface area (Å²) in [6.45, 7) is 9.21. The Morgan fingerprint density at radius 1 is 0.938 bits per heavy atom. The molecule has 168 valence electrons. The summed E-state index contributed by atoms with van der Waals surface area (Å²) in [5, 5.41) is 1.93. The van der Waals surface area contributed by atoms with Crippen LogP contribution in [0.4, 0.5) is 4.79 Å². The molecular formula is C26H29NO4S. The lowest BCUT2D eigenvalue weighted by atomic mass is 9.63. The highest BCUT2D eigenvalue weighted by molar-refractivity contribution is 8.18.